The van der Waals surface area contributed by atoms with Crippen molar-refractivity contribution < 1.29 is 9.47 Å². The molecule has 4 aromatic carbocycles. The molecule has 2 nitrogen and oxygen atoms in total. The first-order valence-electron chi connectivity index (χ1n) is 11.2. The quantitative estimate of drug-likeness (QED) is 0.139. The molecule has 0 N–H and O–H groups in total. The molecule has 0 amide bonds. The van der Waals surface area contributed by atoms with Crippen LogP contribution in [0.2, 0.25) is 0 Å². The predicted molar refractivity (Wildman–Crippen MR) is 149 cm³/mol. The number of rotatable bonds is 10. The summed E-state index contributed by atoms with van der Waals surface area (Å²) in [5.74, 6) is 1.73. The number of hydrogen-bond acceptors (Lipinski definition) is 2. The Morgan fingerprint density at radius 1 is 0.441 bits per heavy atom. The second-order valence-corrected chi connectivity index (χ2v) is 9.19. The average molecular weight is 578 g/mol. The molecule has 4 aromatic rings. The first-order valence-corrected chi connectivity index (χ1v) is 13.5. The maximum atomic E-state index is 5.79. The summed E-state index contributed by atoms with van der Waals surface area (Å²) < 4.78 is 11.6. The Hall–Kier alpha value is -2.82. The van der Waals surface area contributed by atoms with Gasteiger partial charge in [-0.2, -0.15) is 0 Å². The third-order valence-electron chi connectivity index (χ3n) is 5.35. The molecule has 0 aliphatic carbocycles. The first kappa shape index (κ1) is 24.3. The van der Waals surface area contributed by atoms with Gasteiger partial charge in [0, 0.05) is 10.7 Å². The lowest BCUT2D eigenvalue weighted by atomic mass is 9.86. The molecule has 0 saturated carbocycles. The van der Waals surface area contributed by atoms with E-state index in [9.17, 15) is 0 Å². The van der Waals surface area contributed by atoms with Crippen molar-refractivity contribution in [3.05, 3.63) is 131 Å². The van der Waals surface area contributed by atoms with E-state index in [2.05, 4.69) is 117 Å². The second-order valence-electron chi connectivity index (χ2n) is 7.61. The zero-order chi connectivity index (χ0) is 23.6. The van der Waals surface area contributed by atoms with Crippen LogP contribution in [0.15, 0.2) is 109 Å². The van der Waals surface area contributed by atoms with Gasteiger partial charge in [0.1, 0.15) is 11.5 Å². The SMILES string of the molecule is BrCCOc1ccc(C(=C(c2ccccc2)c2ccc(OCCBr)cc2)c2ccccc2)cc1. The molecule has 0 aliphatic heterocycles. The molecule has 4 heteroatoms. The van der Waals surface area contributed by atoms with E-state index in [0.29, 0.717) is 13.2 Å². The van der Waals surface area contributed by atoms with Crippen LogP contribution in [0.5, 0.6) is 11.5 Å². The molecule has 172 valence electrons. The zero-order valence-corrected chi connectivity index (χ0v) is 22.0. The Kier molecular flexibility index (Phi) is 9.00. The van der Waals surface area contributed by atoms with Gasteiger partial charge in [0.15, 0.2) is 0 Å². The number of benzene rings is 4. The normalized spacial score (nSPS) is 11.6. The highest BCUT2D eigenvalue weighted by Crippen LogP contribution is 2.37. The molecule has 0 unspecified atom stereocenters. The highest BCUT2D eigenvalue weighted by atomic mass is 79.9. The molecule has 0 fully saturated rings. The Morgan fingerprint density at radius 3 is 1.09 bits per heavy atom. The summed E-state index contributed by atoms with van der Waals surface area (Å²) in [4.78, 5) is 0. The minimum Gasteiger partial charge on any atom is -0.493 e. The van der Waals surface area contributed by atoms with Crippen molar-refractivity contribution in [2.45, 2.75) is 0 Å². The highest BCUT2D eigenvalue weighted by molar-refractivity contribution is 9.09. The molecular formula is C30H26Br2O2. The molecule has 4 rings (SSSR count). The Morgan fingerprint density at radius 2 is 0.765 bits per heavy atom. The third-order valence-corrected chi connectivity index (χ3v) is 6.00. The van der Waals surface area contributed by atoms with Gasteiger partial charge in [-0.3, -0.25) is 0 Å². The standard InChI is InChI=1S/C30H26Br2O2/c31-19-21-33-27-15-11-25(12-16-27)29(23-7-3-1-4-8-23)30(24-9-5-2-6-10-24)26-13-17-28(18-14-26)34-22-20-32/h1-18H,19-22H2. The first-order chi connectivity index (χ1) is 16.8. The van der Waals surface area contributed by atoms with Gasteiger partial charge in [0.2, 0.25) is 0 Å². The van der Waals surface area contributed by atoms with Crippen LogP contribution in [0.25, 0.3) is 11.1 Å². The lowest BCUT2D eigenvalue weighted by Gasteiger charge is -2.19. The molecule has 0 heterocycles. The maximum Gasteiger partial charge on any atom is 0.119 e. The summed E-state index contributed by atoms with van der Waals surface area (Å²) in [6, 6.07) is 37.9. The van der Waals surface area contributed by atoms with E-state index in [-0.39, 0.29) is 0 Å². The van der Waals surface area contributed by atoms with Crippen molar-refractivity contribution >= 4 is 43.0 Å². The largest absolute Gasteiger partial charge is 0.493 e. The van der Waals surface area contributed by atoms with E-state index in [1.54, 1.807) is 0 Å². The molecule has 0 aromatic heterocycles. The molecule has 0 bridgehead atoms. The van der Waals surface area contributed by atoms with Gasteiger partial charge in [-0.05, 0) is 57.7 Å². The highest BCUT2D eigenvalue weighted by Gasteiger charge is 2.16. The average Bonchev–Trinajstić information content (AvgIpc) is 2.91. The van der Waals surface area contributed by atoms with E-state index < -0.39 is 0 Å². The van der Waals surface area contributed by atoms with Crippen LogP contribution in [-0.4, -0.2) is 23.9 Å². The van der Waals surface area contributed by atoms with E-state index in [0.717, 1.165) is 44.4 Å². The third kappa shape index (κ3) is 6.19. The summed E-state index contributed by atoms with van der Waals surface area (Å²) in [5.41, 5.74) is 6.94. The molecular weight excluding hydrogens is 552 g/mol. The number of halogens is 2. The summed E-state index contributed by atoms with van der Waals surface area (Å²) in [5, 5.41) is 1.61. The monoisotopic (exact) mass is 576 g/mol. The maximum absolute atomic E-state index is 5.79. The molecule has 0 spiro atoms. The number of alkyl halides is 2. The molecule has 34 heavy (non-hydrogen) atoms. The van der Waals surface area contributed by atoms with Gasteiger partial charge in [-0.1, -0.05) is 117 Å². The van der Waals surface area contributed by atoms with Crippen molar-refractivity contribution in [3.63, 3.8) is 0 Å². The zero-order valence-electron chi connectivity index (χ0n) is 18.8. The van der Waals surface area contributed by atoms with Crippen molar-refractivity contribution in [1.29, 1.82) is 0 Å². The van der Waals surface area contributed by atoms with Crippen molar-refractivity contribution in [3.8, 4) is 11.5 Å². The van der Waals surface area contributed by atoms with Gasteiger partial charge < -0.3 is 9.47 Å². The summed E-state index contributed by atoms with van der Waals surface area (Å²) in [6.07, 6.45) is 0. The lowest BCUT2D eigenvalue weighted by Crippen LogP contribution is -2.00. The molecule has 0 atom stereocenters. The Balaban J connectivity index is 1.90. The van der Waals surface area contributed by atoms with Crippen LogP contribution in [0.4, 0.5) is 0 Å². The second kappa shape index (κ2) is 12.6. The van der Waals surface area contributed by atoms with Gasteiger partial charge in [-0.25, -0.2) is 0 Å². The fourth-order valence-corrected chi connectivity index (χ4v) is 4.19. The lowest BCUT2D eigenvalue weighted by molar-refractivity contribution is 0.345. The smallest absolute Gasteiger partial charge is 0.119 e. The minimum absolute atomic E-state index is 0.638. The van der Waals surface area contributed by atoms with Crippen LogP contribution in [-0.2, 0) is 0 Å². The number of ether oxygens (including phenoxy) is 2. The summed E-state index contributed by atoms with van der Waals surface area (Å²) in [7, 11) is 0. The van der Waals surface area contributed by atoms with E-state index in [4.69, 9.17) is 9.47 Å². The van der Waals surface area contributed by atoms with Crippen molar-refractivity contribution in [1.82, 2.24) is 0 Å². The van der Waals surface area contributed by atoms with Crippen LogP contribution < -0.4 is 9.47 Å². The fraction of sp³-hybridized carbons (Fsp3) is 0.133. The van der Waals surface area contributed by atoms with E-state index in [1.807, 2.05) is 24.3 Å². The predicted octanol–water partition coefficient (Wildman–Crippen LogP) is 8.24. The van der Waals surface area contributed by atoms with Crippen LogP contribution >= 0.6 is 31.9 Å². The molecule has 0 radical (unpaired) electrons. The molecule has 0 saturated heterocycles. The van der Waals surface area contributed by atoms with Crippen molar-refractivity contribution in [2.75, 3.05) is 23.9 Å². The topological polar surface area (TPSA) is 18.5 Å². The Labute approximate surface area is 218 Å². The van der Waals surface area contributed by atoms with Crippen molar-refractivity contribution in [2.24, 2.45) is 0 Å². The fourth-order valence-electron chi connectivity index (χ4n) is 3.87. The van der Waals surface area contributed by atoms with E-state index >= 15 is 0 Å². The van der Waals surface area contributed by atoms with Gasteiger partial charge in [-0.15, -0.1) is 0 Å². The van der Waals surface area contributed by atoms with Gasteiger partial charge >= 0.3 is 0 Å². The summed E-state index contributed by atoms with van der Waals surface area (Å²) >= 11 is 6.84. The van der Waals surface area contributed by atoms with Gasteiger partial charge in [0.25, 0.3) is 0 Å². The van der Waals surface area contributed by atoms with Crippen LogP contribution in [0.1, 0.15) is 22.3 Å². The number of hydrogen-bond donors (Lipinski definition) is 0. The minimum atomic E-state index is 0.638. The Bertz CT molecular complexity index is 1090. The van der Waals surface area contributed by atoms with E-state index in [1.165, 1.54) is 11.1 Å². The molecule has 0 aliphatic rings. The van der Waals surface area contributed by atoms with Crippen LogP contribution in [0.3, 0.4) is 0 Å². The van der Waals surface area contributed by atoms with Crippen LogP contribution in [0, 0.1) is 0 Å². The summed E-state index contributed by atoms with van der Waals surface area (Å²) in [6.45, 7) is 1.28. The van der Waals surface area contributed by atoms with Gasteiger partial charge in [0.05, 0.1) is 13.2 Å².